The standard InChI is InChI=1S/C40H56O2/c1-31(2)17-15-29-39(9)37(41-39)27-25-35(7)23-13-21-33(5)19-11-12-20-34(6)22-14-24-36(8)26-28-38-40(10,42-38)30-16-18-32(3)4/h11-14,17-28,37-38H,15-16,29-30H2,1-10H3. The molecule has 4 atom stereocenters. The van der Waals surface area contributed by atoms with Gasteiger partial charge in [-0.05, 0) is 94.9 Å². The summed E-state index contributed by atoms with van der Waals surface area (Å²) in [6.07, 6.45) is 39.2. The molecule has 0 aromatic heterocycles. The molecule has 2 heterocycles. The topological polar surface area (TPSA) is 25.1 Å². The molecule has 2 nitrogen and oxygen atoms in total. The van der Waals surface area contributed by atoms with Crippen molar-refractivity contribution >= 4 is 0 Å². The Morgan fingerprint density at radius 1 is 0.500 bits per heavy atom. The summed E-state index contributed by atoms with van der Waals surface area (Å²) in [5.74, 6) is 0. The van der Waals surface area contributed by atoms with Crippen molar-refractivity contribution in [3.63, 3.8) is 0 Å². The van der Waals surface area contributed by atoms with Crippen molar-refractivity contribution in [2.24, 2.45) is 0 Å². The predicted octanol–water partition coefficient (Wildman–Crippen LogP) is 11.4. The lowest BCUT2D eigenvalue weighted by Crippen LogP contribution is -2.07. The van der Waals surface area contributed by atoms with Gasteiger partial charge in [-0.1, -0.05) is 131 Å². The Labute approximate surface area is 258 Å². The van der Waals surface area contributed by atoms with Crippen LogP contribution in [0, 0.1) is 0 Å². The zero-order valence-corrected chi connectivity index (χ0v) is 28.0. The van der Waals surface area contributed by atoms with Gasteiger partial charge in [0.1, 0.15) is 12.2 Å². The number of epoxide rings is 2. The van der Waals surface area contributed by atoms with Crippen LogP contribution in [-0.4, -0.2) is 23.4 Å². The van der Waals surface area contributed by atoms with Crippen LogP contribution >= 0.6 is 0 Å². The largest absolute Gasteiger partial charge is 0.362 e. The van der Waals surface area contributed by atoms with E-state index in [1.165, 1.54) is 33.4 Å². The lowest BCUT2D eigenvalue weighted by atomic mass is 10.00. The SMILES string of the molecule is CC(C)=CCCC1(C)OC1C=CC(C)=CC=CC(C)=CC=CC=C(C)C=CC=C(C)C=CC1OC1(C)CCC=C(C)C. The van der Waals surface area contributed by atoms with Crippen LogP contribution in [0.1, 0.15) is 94.9 Å². The van der Waals surface area contributed by atoms with Crippen LogP contribution in [0.5, 0.6) is 0 Å². The number of hydrogen-bond acceptors (Lipinski definition) is 2. The number of allylic oxidation sites excluding steroid dienone is 20. The van der Waals surface area contributed by atoms with Crippen molar-refractivity contribution in [2.75, 3.05) is 0 Å². The fraction of sp³-hybridized carbons (Fsp3) is 0.450. The Bertz CT molecular complexity index is 1130. The van der Waals surface area contributed by atoms with Crippen molar-refractivity contribution < 1.29 is 9.47 Å². The van der Waals surface area contributed by atoms with Crippen LogP contribution in [0.4, 0.5) is 0 Å². The number of ether oxygens (including phenoxy) is 2. The Morgan fingerprint density at radius 3 is 1.19 bits per heavy atom. The van der Waals surface area contributed by atoms with Gasteiger partial charge in [0.05, 0.1) is 11.2 Å². The Balaban J connectivity index is 1.73. The summed E-state index contributed by atoms with van der Waals surface area (Å²) >= 11 is 0. The van der Waals surface area contributed by atoms with Crippen LogP contribution < -0.4 is 0 Å². The molecule has 2 aliphatic heterocycles. The highest BCUT2D eigenvalue weighted by Gasteiger charge is 2.50. The third kappa shape index (κ3) is 14.3. The van der Waals surface area contributed by atoms with E-state index in [4.69, 9.17) is 9.47 Å². The van der Waals surface area contributed by atoms with Gasteiger partial charge in [0.2, 0.25) is 0 Å². The predicted molar refractivity (Wildman–Crippen MR) is 185 cm³/mol. The second-order valence-corrected chi connectivity index (χ2v) is 12.8. The quantitative estimate of drug-likeness (QED) is 0.105. The zero-order valence-electron chi connectivity index (χ0n) is 28.0. The van der Waals surface area contributed by atoms with E-state index in [9.17, 15) is 0 Å². The highest BCUT2D eigenvalue weighted by Crippen LogP contribution is 2.42. The molecule has 0 amide bonds. The average Bonchev–Trinajstić information content (AvgIpc) is 3.77. The number of hydrogen-bond donors (Lipinski definition) is 0. The lowest BCUT2D eigenvalue weighted by molar-refractivity contribution is 0.303. The minimum Gasteiger partial charge on any atom is -0.362 e. The highest BCUT2D eigenvalue weighted by atomic mass is 16.6. The van der Waals surface area contributed by atoms with Gasteiger partial charge in [0.25, 0.3) is 0 Å². The molecule has 0 spiro atoms. The minimum absolute atomic E-state index is 0.000544. The van der Waals surface area contributed by atoms with E-state index in [-0.39, 0.29) is 23.4 Å². The minimum atomic E-state index is -0.000544. The van der Waals surface area contributed by atoms with Gasteiger partial charge in [0.15, 0.2) is 0 Å². The first-order valence-corrected chi connectivity index (χ1v) is 15.5. The van der Waals surface area contributed by atoms with E-state index in [0.29, 0.717) is 0 Å². The monoisotopic (exact) mass is 568 g/mol. The third-order valence-corrected chi connectivity index (χ3v) is 7.60. The second kappa shape index (κ2) is 17.2. The fourth-order valence-electron chi connectivity index (χ4n) is 4.51. The summed E-state index contributed by atoms with van der Waals surface area (Å²) in [5, 5.41) is 0. The van der Waals surface area contributed by atoms with E-state index in [1.54, 1.807) is 0 Å². The maximum atomic E-state index is 5.93. The summed E-state index contributed by atoms with van der Waals surface area (Å²) < 4.78 is 11.9. The molecule has 2 heteroatoms. The molecule has 2 aliphatic rings. The zero-order chi connectivity index (χ0) is 31.2. The van der Waals surface area contributed by atoms with E-state index < -0.39 is 0 Å². The number of rotatable bonds is 16. The summed E-state index contributed by atoms with van der Waals surface area (Å²) in [6, 6.07) is 0. The molecule has 228 valence electrons. The van der Waals surface area contributed by atoms with Crippen LogP contribution in [0.15, 0.2) is 131 Å². The first-order chi connectivity index (χ1) is 19.8. The van der Waals surface area contributed by atoms with Gasteiger partial charge in [-0.2, -0.15) is 0 Å². The normalized spacial score (nSPS) is 27.3. The molecule has 0 aromatic rings. The summed E-state index contributed by atoms with van der Waals surface area (Å²) in [7, 11) is 0. The molecular formula is C40H56O2. The van der Waals surface area contributed by atoms with Gasteiger partial charge in [-0.25, -0.2) is 0 Å². The van der Waals surface area contributed by atoms with Crippen molar-refractivity contribution in [2.45, 2.75) is 118 Å². The summed E-state index contributed by atoms with van der Waals surface area (Å²) in [4.78, 5) is 0. The third-order valence-electron chi connectivity index (χ3n) is 7.60. The smallest absolute Gasteiger partial charge is 0.105 e. The summed E-state index contributed by atoms with van der Waals surface area (Å²) in [6.45, 7) is 21.5. The molecule has 0 radical (unpaired) electrons. The van der Waals surface area contributed by atoms with Gasteiger partial charge >= 0.3 is 0 Å². The van der Waals surface area contributed by atoms with Crippen LogP contribution in [0.2, 0.25) is 0 Å². The molecule has 2 fully saturated rings. The van der Waals surface area contributed by atoms with Crippen LogP contribution in [-0.2, 0) is 9.47 Å². The van der Waals surface area contributed by atoms with Gasteiger partial charge in [-0.3, -0.25) is 0 Å². The van der Waals surface area contributed by atoms with Crippen molar-refractivity contribution in [3.8, 4) is 0 Å². The molecule has 2 rings (SSSR count). The lowest BCUT2D eigenvalue weighted by Gasteiger charge is -2.02. The molecular weight excluding hydrogens is 512 g/mol. The van der Waals surface area contributed by atoms with Crippen LogP contribution in [0.3, 0.4) is 0 Å². The fourth-order valence-corrected chi connectivity index (χ4v) is 4.51. The van der Waals surface area contributed by atoms with E-state index in [2.05, 4.69) is 166 Å². The maximum Gasteiger partial charge on any atom is 0.105 e. The molecule has 0 N–H and O–H groups in total. The van der Waals surface area contributed by atoms with E-state index in [1.807, 2.05) is 0 Å². The van der Waals surface area contributed by atoms with Gasteiger partial charge < -0.3 is 9.47 Å². The molecule has 0 aliphatic carbocycles. The van der Waals surface area contributed by atoms with Crippen molar-refractivity contribution in [3.05, 3.63) is 131 Å². The first-order valence-electron chi connectivity index (χ1n) is 15.5. The first kappa shape index (κ1) is 35.3. The Kier molecular flexibility index (Phi) is 14.5. The second-order valence-electron chi connectivity index (χ2n) is 12.8. The molecule has 0 bridgehead atoms. The van der Waals surface area contributed by atoms with Crippen molar-refractivity contribution in [1.29, 1.82) is 0 Å². The molecule has 42 heavy (non-hydrogen) atoms. The van der Waals surface area contributed by atoms with Crippen LogP contribution in [0.25, 0.3) is 0 Å². The van der Waals surface area contributed by atoms with E-state index >= 15 is 0 Å². The van der Waals surface area contributed by atoms with Gasteiger partial charge in [0, 0.05) is 0 Å². The molecule has 4 unspecified atom stereocenters. The summed E-state index contributed by atoms with van der Waals surface area (Å²) in [5.41, 5.74) is 7.59. The molecule has 0 saturated carbocycles. The van der Waals surface area contributed by atoms with Crippen molar-refractivity contribution in [1.82, 2.24) is 0 Å². The Morgan fingerprint density at radius 2 is 0.833 bits per heavy atom. The Hall–Kier alpha value is -2.94. The average molecular weight is 569 g/mol. The maximum absolute atomic E-state index is 5.93. The van der Waals surface area contributed by atoms with Gasteiger partial charge in [-0.15, -0.1) is 0 Å². The molecule has 0 aromatic carbocycles. The van der Waals surface area contributed by atoms with E-state index in [0.717, 1.165) is 25.7 Å². The highest BCUT2D eigenvalue weighted by molar-refractivity contribution is 5.32. The molecule has 2 saturated heterocycles.